The summed E-state index contributed by atoms with van der Waals surface area (Å²) in [5.41, 5.74) is 1.22. The first-order valence-electron chi connectivity index (χ1n) is 9.07. The molecule has 0 aliphatic carbocycles. The van der Waals surface area contributed by atoms with Crippen molar-refractivity contribution in [2.45, 2.75) is 38.4 Å². The standard InChI is InChI=1S/C19H19ClN6O2/c20-15-8-14(10-22-11-15)18(27)23-16-3-4-17-24-26(19(28)25(17)7-5-16)12-13-2-1-6-21-9-13/h1-2,6,8-11,16H,3-5,7,12H2,(H,23,27). The maximum absolute atomic E-state index is 12.7. The highest BCUT2D eigenvalue weighted by Gasteiger charge is 2.22. The number of hydrogen-bond acceptors (Lipinski definition) is 5. The van der Waals surface area contributed by atoms with Gasteiger partial charge in [-0.15, -0.1) is 0 Å². The maximum atomic E-state index is 12.7. The highest BCUT2D eigenvalue weighted by molar-refractivity contribution is 6.30. The van der Waals surface area contributed by atoms with Gasteiger partial charge in [-0.1, -0.05) is 17.7 Å². The minimum absolute atomic E-state index is 0.0423. The summed E-state index contributed by atoms with van der Waals surface area (Å²) in [6, 6.07) is 5.30. The van der Waals surface area contributed by atoms with Crippen molar-refractivity contribution >= 4 is 17.5 Å². The van der Waals surface area contributed by atoms with Crippen LogP contribution in [-0.4, -0.2) is 36.3 Å². The largest absolute Gasteiger partial charge is 0.349 e. The number of halogens is 1. The molecule has 3 aromatic rings. The molecule has 8 nitrogen and oxygen atoms in total. The Morgan fingerprint density at radius 2 is 2.14 bits per heavy atom. The molecule has 1 aliphatic heterocycles. The molecule has 4 heterocycles. The Morgan fingerprint density at radius 3 is 2.93 bits per heavy atom. The van der Waals surface area contributed by atoms with Crippen LogP contribution in [0, 0.1) is 0 Å². The van der Waals surface area contributed by atoms with E-state index in [0.717, 1.165) is 11.4 Å². The first-order chi connectivity index (χ1) is 13.6. The summed E-state index contributed by atoms with van der Waals surface area (Å²) >= 11 is 5.90. The van der Waals surface area contributed by atoms with Gasteiger partial charge in [-0.3, -0.25) is 19.3 Å². The van der Waals surface area contributed by atoms with E-state index in [-0.39, 0.29) is 17.6 Å². The van der Waals surface area contributed by atoms with Crippen LogP contribution in [0.1, 0.15) is 34.6 Å². The number of hydrogen-bond donors (Lipinski definition) is 1. The summed E-state index contributed by atoms with van der Waals surface area (Å²) in [7, 11) is 0. The van der Waals surface area contributed by atoms with Gasteiger partial charge < -0.3 is 5.32 Å². The first kappa shape index (κ1) is 18.4. The molecule has 1 amide bonds. The number of nitrogens with one attached hydrogen (secondary N) is 1. The summed E-state index contributed by atoms with van der Waals surface area (Å²) in [6.07, 6.45) is 8.39. The SMILES string of the molecule is O=C(NC1CCc2nn(Cc3cccnc3)c(=O)n2CC1)c1cncc(Cl)c1. The monoisotopic (exact) mass is 398 g/mol. The average molecular weight is 399 g/mol. The Morgan fingerprint density at radius 1 is 1.25 bits per heavy atom. The number of pyridine rings is 2. The number of nitrogens with zero attached hydrogens (tertiary/aromatic N) is 5. The van der Waals surface area contributed by atoms with Crippen molar-refractivity contribution in [2.24, 2.45) is 0 Å². The zero-order valence-electron chi connectivity index (χ0n) is 15.1. The molecule has 0 bridgehead atoms. The lowest BCUT2D eigenvalue weighted by Crippen LogP contribution is -2.36. The van der Waals surface area contributed by atoms with Crippen LogP contribution in [0.25, 0.3) is 0 Å². The minimum Gasteiger partial charge on any atom is -0.349 e. The third-order valence-corrected chi connectivity index (χ3v) is 4.98. The van der Waals surface area contributed by atoms with Gasteiger partial charge in [0.15, 0.2) is 0 Å². The van der Waals surface area contributed by atoms with E-state index in [4.69, 9.17) is 11.6 Å². The molecule has 9 heteroatoms. The number of rotatable bonds is 4. The Bertz CT molecular complexity index is 1050. The van der Waals surface area contributed by atoms with E-state index >= 15 is 0 Å². The number of carbonyl (C=O) groups excluding carboxylic acids is 1. The van der Waals surface area contributed by atoms with Crippen molar-refractivity contribution in [1.82, 2.24) is 29.6 Å². The number of amides is 1. The molecular formula is C19H19ClN6O2. The van der Waals surface area contributed by atoms with Crippen LogP contribution >= 0.6 is 11.6 Å². The number of fused-ring (bicyclic) bond motifs is 1. The van der Waals surface area contributed by atoms with Crippen molar-refractivity contribution in [2.75, 3.05) is 0 Å². The molecule has 1 aliphatic rings. The lowest BCUT2D eigenvalue weighted by molar-refractivity contribution is 0.0932. The molecule has 0 radical (unpaired) electrons. The van der Waals surface area contributed by atoms with E-state index in [1.165, 1.54) is 17.1 Å². The second kappa shape index (κ2) is 7.93. The summed E-state index contributed by atoms with van der Waals surface area (Å²) in [6.45, 7) is 0.911. The van der Waals surface area contributed by atoms with Crippen LogP contribution in [0.5, 0.6) is 0 Å². The van der Waals surface area contributed by atoms with Gasteiger partial charge in [0.2, 0.25) is 0 Å². The zero-order valence-corrected chi connectivity index (χ0v) is 15.8. The van der Waals surface area contributed by atoms with Gasteiger partial charge >= 0.3 is 5.69 Å². The zero-order chi connectivity index (χ0) is 19.5. The molecule has 4 rings (SSSR count). The van der Waals surface area contributed by atoms with Gasteiger partial charge in [-0.25, -0.2) is 9.48 Å². The Balaban J connectivity index is 1.43. The van der Waals surface area contributed by atoms with Gasteiger partial charge in [0.05, 0.1) is 17.1 Å². The number of aryl methyl sites for hydroxylation is 1. The van der Waals surface area contributed by atoms with E-state index in [0.29, 0.717) is 42.9 Å². The second-order valence-electron chi connectivity index (χ2n) is 6.76. The number of carbonyl (C=O) groups is 1. The van der Waals surface area contributed by atoms with Crippen molar-refractivity contribution < 1.29 is 4.79 Å². The summed E-state index contributed by atoms with van der Waals surface area (Å²) in [4.78, 5) is 33.1. The Labute approximate surface area is 166 Å². The van der Waals surface area contributed by atoms with Crippen LogP contribution in [0.4, 0.5) is 0 Å². The second-order valence-corrected chi connectivity index (χ2v) is 7.20. The van der Waals surface area contributed by atoms with Crippen LogP contribution in [0.15, 0.2) is 47.8 Å². The summed E-state index contributed by atoms with van der Waals surface area (Å²) in [5.74, 6) is 0.531. The van der Waals surface area contributed by atoms with Crippen molar-refractivity contribution in [3.63, 3.8) is 0 Å². The van der Waals surface area contributed by atoms with E-state index in [1.807, 2.05) is 12.1 Å². The highest BCUT2D eigenvalue weighted by atomic mass is 35.5. The van der Waals surface area contributed by atoms with Crippen LogP contribution in [-0.2, 0) is 19.5 Å². The lowest BCUT2D eigenvalue weighted by atomic mass is 10.1. The average Bonchev–Trinajstić information content (AvgIpc) is 2.86. The molecule has 1 unspecified atom stereocenters. The fourth-order valence-electron chi connectivity index (χ4n) is 3.34. The summed E-state index contributed by atoms with van der Waals surface area (Å²) < 4.78 is 3.17. The van der Waals surface area contributed by atoms with Crippen molar-refractivity contribution in [3.8, 4) is 0 Å². The van der Waals surface area contributed by atoms with Crippen LogP contribution < -0.4 is 11.0 Å². The first-order valence-corrected chi connectivity index (χ1v) is 9.45. The van der Waals surface area contributed by atoms with Gasteiger partial charge in [-0.05, 0) is 30.5 Å². The van der Waals surface area contributed by atoms with Crippen molar-refractivity contribution in [1.29, 1.82) is 0 Å². The predicted molar refractivity (Wildman–Crippen MR) is 103 cm³/mol. The summed E-state index contributed by atoms with van der Waals surface area (Å²) in [5, 5.41) is 7.91. The number of aromatic nitrogens is 5. The molecule has 28 heavy (non-hydrogen) atoms. The van der Waals surface area contributed by atoms with Crippen molar-refractivity contribution in [3.05, 3.63) is 75.4 Å². The Hall–Kier alpha value is -3.00. The molecule has 0 fully saturated rings. The highest BCUT2D eigenvalue weighted by Crippen LogP contribution is 2.14. The van der Waals surface area contributed by atoms with Gasteiger partial charge in [-0.2, -0.15) is 5.10 Å². The van der Waals surface area contributed by atoms with E-state index in [9.17, 15) is 9.59 Å². The maximum Gasteiger partial charge on any atom is 0.346 e. The quantitative estimate of drug-likeness (QED) is 0.721. The smallest absolute Gasteiger partial charge is 0.346 e. The molecule has 0 saturated heterocycles. The fourth-order valence-corrected chi connectivity index (χ4v) is 3.52. The Kier molecular flexibility index (Phi) is 5.21. The van der Waals surface area contributed by atoms with E-state index < -0.39 is 0 Å². The van der Waals surface area contributed by atoms with E-state index in [2.05, 4.69) is 20.4 Å². The fraction of sp³-hybridized carbons (Fsp3) is 0.316. The van der Waals surface area contributed by atoms with Crippen LogP contribution in [0.3, 0.4) is 0 Å². The molecule has 1 N–H and O–H groups in total. The van der Waals surface area contributed by atoms with Gasteiger partial charge in [0, 0.05) is 43.8 Å². The normalized spacial score (nSPS) is 16.2. The molecule has 0 saturated carbocycles. The van der Waals surface area contributed by atoms with Gasteiger partial charge in [0.1, 0.15) is 5.82 Å². The third kappa shape index (κ3) is 3.96. The molecular weight excluding hydrogens is 380 g/mol. The van der Waals surface area contributed by atoms with Gasteiger partial charge in [0.25, 0.3) is 5.91 Å². The molecule has 0 aromatic carbocycles. The third-order valence-electron chi connectivity index (χ3n) is 4.77. The topological polar surface area (TPSA) is 94.7 Å². The molecule has 0 spiro atoms. The molecule has 144 valence electrons. The molecule has 1 atom stereocenters. The molecule has 3 aromatic heterocycles. The predicted octanol–water partition coefficient (Wildman–Crippen LogP) is 1.67. The minimum atomic E-state index is -0.214. The van der Waals surface area contributed by atoms with E-state index in [1.54, 1.807) is 23.0 Å². The van der Waals surface area contributed by atoms with Crippen LogP contribution in [0.2, 0.25) is 5.02 Å². The lowest BCUT2D eigenvalue weighted by Gasteiger charge is -2.16.